The number of aromatic nitrogens is 3. The van der Waals surface area contributed by atoms with E-state index in [2.05, 4.69) is 20.3 Å². The van der Waals surface area contributed by atoms with Crippen molar-refractivity contribution in [3.8, 4) is 11.3 Å². The van der Waals surface area contributed by atoms with Gasteiger partial charge in [-0.15, -0.1) is 0 Å². The minimum Gasteiger partial charge on any atom is -0.478 e. The molecule has 3 N–H and O–H groups in total. The number of carbonyl (C=O) groups excluding carboxylic acids is 2. The summed E-state index contributed by atoms with van der Waals surface area (Å²) < 4.78 is 0. The highest BCUT2D eigenvalue weighted by Crippen LogP contribution is 2.31. The van der Waals surface area contributed by atoms with Gasteiger partial charge in [0.1, 0.15) is 11.5 Å². The van der Waals surface area contributed by atoms with Crippen LogP contribution in [-0.2, 0) is 16.0 Å². The fourth-order valence-electron chi connectivity index (χ4n) is 3.35. The highest BCUT2D eigenvalue weighted by molar-refractivity contribution is 6.11. The summed E-state index contributed by atoms with van der Waals surface area (Å²) in [4.78, 5) is 47.2. The number of H-pyrrole nitrogens is 1. The number of amides is 1. The summed E-state index contributed by atoms with van der Waals surface area (Å²) in [7, 11) is 0. The maximum atomic E-state index is 12.4. The highest BCUT2D eigenvalue weighted by Gasteiger charge is 2.20. The molecule has 0 unspecified atom stereocenters. The summed E-state index contributed by atoms with van der Waals surface area (Å²) in [5.41, 5.74) is 2.66. The zero-order valence-corrected chi connectivity index (χ0v) is 15.7. The van der Waals surface area contributed by atoms with Crippen molar-refractivity contribution in [1.29, 1.82) is 0 Å². The molecular formula is C21H18N4O4. The number of anilines is 1. The number of carboxylic acid groups (broad SMARTS) is 1. The number of aromatic amines is 1. The third-order valence-electron chi connectivity index (χ3n) is 4.79. The van der Waals surface area contributed by atoms with Crippen LogP contribution in [0.1, 0.15) is 35.9 Å². The van der Waals surface area contributed by atoms with Crippen molar-refractivity contribution < 1.29 is 19.5 Å². The Morgan fingerprint density at radius 2 is 2.07 bits per heavy atom. The molecule has 146 valence electrons. The number of hydrogen-bond donors (Lipinski definition) is 3. The Hall–Kier alpha value is -3.81. The molecule has 8 nitrogen and oxygen atoms in total. The van der Waals surface area contributed by atoms with Crippen LogP contribution < -0.4 is 5.32 Å². The number of rotatable bonds is 5. The second-order valence-corrected chi connectivity index (χ2v) is 6.74. The van der Waals surface area contributed by atoms with E-state index in [1.54, 1.807) is 24.3 Å². The van der Waals surface area contributed by atoms with Gasteiger partial charge in [0.15, 0.2) is 5.78 Å². The minimum atomic E-state index is -1.08. The van der Waals surface area contributed by atoms with Gasteiger partial charge in [0, 0.05) is 35.9 Å². The molecular weight excluding hydrogens is 372 g/mol. The van der Waals surface area contributed by atoms with E-state index in [0.29, 0.717) is 58.6 Å². The molecule has 1 amide bonds. The van der Waals surface area contributed by atoms with Crippen LogP contribution >= 0.6 is 0 Å². The molecule has 1 aromatic carbocycles. The third kappa shape index (κ3) is 3.52. The van der Waals surface area contributed by atoms with E-state index < -0.39 is 5.97 Å². The molecule has 1 aliphatic carbocycles. The molecule has 1 aliphatic rings. The molecule has 0 atom stereocenters. The molecule has 4 rings (SSSR count). The van der Waals surface area contributed by atoms with E-state index in [-0.39, 0.29) is 17.3 Å². The Morgan fingerprint density at radius 3 is 2.76 bits per heavy atom. The summed E-state index contributed by atoms with van der Waals surface area (Å²) in [6.07, 6.45) is 4.15. The number of hydrogen-bond acceptors (Lipinski definition) is 5. The van der Waals surface area contributed by atoms with Crippen LogP contribution in [0.3, 0.4) is 0 Å². The Morgan fingerprint density at radius 1 is 1.24 bits per heavy atom. The molecule has 2 heterocycles. The van der Waals surface area contributed by atoms with Crippen molar-refractivity contribution in [2.24, 2.45) is 0 Å². The lowest BCUT2D eigenvalue weighted by Crippen LogP contribution is -2.13. The zero-order chi connectivity index (χ0) is 20.5. The van der Waals surface area contributed by atoms with Crippen molar-refractivity contribution >= 4 is 34.4 Å². The van der Waals surface area contributed by atoms with E-state index in [4.69, 9.17) is 0 Å². The van der Waals surface area contributed by atoms with Crippen LogP contribution in [0.2, 0.25) is 0 Å². The average Bonchev–Trinajstić information content (AvgIpc) is 3.33. The van der Waals surface area contributed by atoms with Crippen LogP contribution in [0.4, 0.5) is 5.69 Å². The number of carbonyl (C=O) groups is 3. The maximum Gasteiger partial charge on any atom is 0.338 e. The number of allylic oxidation sites excluding steroid dienone is 1. The SMILES string of the molecule is CCc1nc(-c2cccc(NC(=O)C3=CC(=O)CC3)c2)c2c(C(=O)O)c[nH]c2n1. The van der Waals surface area contributed by atoms with Gasteiger partial charge in [-0.1, -0.05) is 19.1 Å². The molecule has 8 heteroatoms. The quantitative estimate of drug-likeness (QED) is 0.615. The molecule has 0 fully saturated rings. The van der Waals surface area contributed by atoms with Crippen LogP contribution in [0.5, 0.6) is 0 Å². The topological polar surface area (TPSA) is 125 Å². The van der Waals surface area contributed by atoms with Gasteiger partial charge in [-0.05, 0) is 24.6 Å². The van der Waals surface area contributed by atoms with Crippen LogP contribution in [0, 0.1) is 0 Å². The summed E-state index contributed by atoms with van der Waals surface area (Å²) >= 11 is 0. The summed E-state index contributed by atoms with van der Waals surface area (Å²) in [5, 5.41) is 12.7. The number of ketones is 1. The first kappa shape index (κ1) is 18.5. The van der Waals surface area contributed by atoms with Gasteiger partial charge in [0.25, 0.3) is 5.91 Å². The predicted octanol–water partition coefficient (Wildman–Crippen LogP) is 3.11. The second kappa shape index (κ2) is 7.31. The summed E-state index contributed by atoms with van der Waals surface area (Å²) in [6, 6.07) is 7.02. The van der Waals surface area contributed by atoms with Gasteiger partial charge in [0.2, 0.25) is 0 Å². The minimum absolute atomic E-state index is 0.0481. The number of nitrogens with one attached hydrogen (secondary N) is 2. The van der Waals surface area contributed by atoms with E-state index in [9.17, 15) is 19.5 Å². The van der Waals surface area contributed by atoms with E-state index in [1.807, 2.05) is 6.92 Å². The Labute approximate surface area is 165 Å². The molecule has 2 aromatic heterocycles. The largest absolute Gasteiger partial charge is 0.478 e. The first-order valence-corrected chi connectivity index (χ1v) is 9.22. The predicted molar refractivity (Wildman–Crippen MR) is 107 cm³/mol. The monoisotopic (exact) mass is 390 g/mol. The Balaban J connectivity index is 1.76. The van der Waals surface area contributed by atoms with Gasteiger partial charge in [0.05, 0.1) is 16.6 Å². The standard InChI is InChI=1S/C21H18N4O4/c1-2-16-24-18(17-15(21(28)29)10-22-19(17)25-16)11-4-3-5-13(8-11)23-20(27)12-6-7-14(26)9-12/h3-5,8-10H,2,6-7H2,1H3,(H,23,27)(H,28,29)(H,22,24,25). The smallest absolute Gasteiger partial charge is 0.338 e. The number of carboxylic acids is 1. The van der Waals surface area contributed by atoms with Crippen LogP contribution in [0.15, 0.2) is 42.1 Å². The van der Waals surface area contributed by atoms with Crippen LogP contribution in [-0.4, -0.2) is 37.7 Å². The fraction of sp³-hybridized carbons (Fsp3) is 0.190. The van der Waals surface area contributed by atoms with Crippen molar-refractivity contribution in [2.45, 2.75) is 26.2 Å². The maximum absolute atomic E-state index is 12.4. The van der Waals surface area contributed by atoms with Gasteiger partial charge >= 0.3 is 5.97 Å². The first-order chi connectivity index (χ1) is 14.0. The molecule has 0 bridgehead atoms. The molecule has 0 radical (unpaired) electrons. The summed E-state index contributed by atoms with van der Waals surface area (Å²) in [6.45, 7) is 1.92. The molecule has 3 aromatic rings. The van der Waals surface area contributed by atoms with E-state index in [1.165, 1.54) is 12.3 Å². The Bertz CT molecular complexity index is 1190. The molecule has 0 aliphatic heterocycles. The van der Waals surface area contributed by atoms with Crippen molar-refractivity contribution in [1.82, 2.24) is 15.0 Å². The van der Waals surface area contributed by atoms with E-state index in [0.717, 1.165) is 0 Å². The van der Waals surface area contributed by atoms with Crippen molar-refractivity contribution in [2.75, 3.05) is 5.32 Å². The lowest BCUT2D eigenvalue weighted by atomic mass is 10.0. The zero-order valence-electron chi connectivity index (χ0n) is 15.7. The number of benzene rings is 1. The lowest BCUT2D eigenvalue weighted by molar-refractivity contribution is -0.114. The second-order valence-electron chi connectivity index (χ2n) is 6.74. The van der Waals surface area contributed by atoms with Gasteiger partial charge in [-0.25, -0.2) is 14.8 Å². The lowest BCUT2D eigenvalue weighted by Gasteiger charge is -2.10. The fourth-order valence-corrected chi connectivity index (χ4v) is 3.35. The highest BCUT2D eigenvalue weighted by atomic mass is 16.4. The number of nitrogens with zero attached hydrogens (tertiary/aromatic N) is 2. The van der Waals surface area contributed by atoms with Crippen LogP contribution in [0.25, 0.3) is 22.3 Å². The van der Waals surface area contributed by atoms with Gasteiger partial charge in [-0.2, -0.15) is 0 Å². The van der Waals surface area contributed by atoms with Crippen molar-refractivity contribution in [3.05, 3.63) is 53.5 Å². The van der Waals surface area contributed by atoms with Gasteiger partial charge < -0.3 is 15.4 Å². The molecule has 0 saturated carbocycles. The number of fused-ring (bicyclic) bond motifs is 1. The molecule has 29 heavy (non-hydrogen) atoms. The van der Waals surface area contributed by atoms with Gasteiger partial charge in [-0.3, -0.25) is 9.59 Å². The summed E-state index contributed by atoms with van der Waals surface area (Å²) in [5.74, 6) is -0.862. The third-order valence-corrected chi connectivity index (χ3v) is 4.79. The normalized spacial score (nSPS) is 13.6. The first-order valence-electron chi connectivity index (χ1n) is 9.22. The average molecular weight is 390 g/mol. The molecule has 0 saturated heterocycles. The Kier molecular flexibility index (Phi) is 4.67. The molecule has 0 spiro atoms. The number of aromatic carboxylic acids is 1. The van der Waals surface area contributed by atoms with Crippen molar-refractivity contribution in [3.63, 3.8) is 0 Å². The number of aryl methyl sites for hydroxylation is 1. The van der Waals surface area contributed by atoms with E-state index >= 15 is 0 Å².